The van der Waals surface area contributed by atoms with Gasteiger partial charge in [-0.25, -0.2) is 0 Å². The number of hydrogen-bond donors (Lipinski definition) is 1. The van der Waals surface area contributed by atoms with Crippen molar-refractivity contribution in [3.05, 3.63) is 34.3 Å². The smallest absolute Gasteiger partial charge is 0.311 e. The van der Waals surface area contributed by atoms with Crippen LogP contribution in [-0.2, 0) is 9.59 Å². The molecule has 0 heterocycles. The zero-order valence-corrected chi connectivity index (χ0v) is 12.7. The Bertz CT molecular complexity index is 441. The third-order valence-electron chi connectivity index (χ3n) is 3.07. The van der Waals surface area contributed by atoms with Gasteiger partial charge in [-0.05, 0) is 31.5 Å². The highest BCUT2D eigenvalue weighted by atomic mass is 79.9. The number of carbonyl (C=O) groups is 2. The molecule has 0 radical (unpaired) electrons. The van der Waals surface area contributed by atoms with Gasteiger partial charge in [0.1, 0.15) is 0 Å². The summed E-state index contributed by atoms with van der Waals surface area (Å²) in [5.74, 6) is -1.88. The largest absolute Gasteiger partial charge is 0.481 e. The Morgan fingerprint density at radius 1 is 1.21 bits per heavy atom. The van der Waals surface area contributed by atoms with E-state index in [4.69, 9.17) is 0 Å². The summed E-state index contributed by atoms with van der Waals surface area (Å²) in [5, 5.41) is 9.29. The van der Waals surface area contributed by atoms with E-state index in [0.29, 0.717) is 18.7 Å². The van der Waals surface area contributed by atoms with Crippen LogP contribution in [-0.4, -0.2) is 35.0 Å². The van der Waals surface area contributed by atoms with E-state index in [1.807, 2.05) is 13.8 Å². The van der Waals surface area contributed by atoms with Crippen molar-refractivity contribution >= 4 is 27.8 Å². The Morgan fingerprint density at radius 2 is 1.74 bits per heavy atom. The van der Waals surface area contributed by atoms with Gasteiger partial charge in [0.05, 0.1) is 5.92 Å². The van der Waals surface area contributed by atoms with Gasteiger partial charge in [0.2, 0.25) is 5.91 Å². The summed E-state index contributed by atoms with van der Waals surface area (Å²) in [7, 11) is 0. The summed E-state index contributed by atoms with van der Waals surface area (Å²) in [6.45, 7) is 4.97. The minimum atomic E-state index is -0.970. The number of carboxylic acids is 1. The Hall–Kier alpha value is -1.36. The quantitative estimate of drug-likeness (QED) is 0.874. The summed E-state index contributed by atoms with van der Waals surface area (Å²) in [4.78, 5) is 25.0. The fourth-order valence-corrected chi connectivity index (χ4v) is 2.19. The minimum Gasteiger partial charge on any atom is -0.481 e. The van der Waals surface area contributed by atoms with E-state index in [-0.39, 0.29) is 12.3 Å². The predicted octanol–water partition coefficient (Wildman–Crippen LogP) is 2.88. The molecule has 5 heteroatoms. The number of nitrogens with zero attached hydrogens (tertiary/aromatic N) is 1. The van der Waals surface area contributed by atoms with Crippen molar-refractivity contribution in [2.45, 2.75) is 26.2 Å². The molecule has 0 aliphatic heterocycles. The molecule has 0 aliphatic rings. The first-order chi connectivity index (χ1) is 8.99. The highest BCUT2D eigenvalue weighted by Crippen LogP contribution is 2.23. The monoisotopic (exact) mass is 327 g/mol. The molecular weight excluding hydrogens is 310 g/mol. The third kappa shape index (κ3) is 4.35. The maximum absolute atomic E-state index is 12.0. The van der Waals surface area contributed by atoms with Crippen molar-refractivity contribution in [1.29, 1.82) is 0 Å². The average molecular weight is 328 g/mol. The van der Waals surface area contributed by atoms with Crippen LogP contribution >= 0.6 is 15.9 Å². The number of aliphatic carboxylic acids is 1. The van der Waals surface area contributed by atoms with Gasteiger partial charge in [-0.15, -0.1) is 0 Å². The maximum Gasteiger partial charge on any atom is 0.311 e. The van der Waals surface area contributed by atoms with Gasteiger partial charge in [-0.1, -0.05) is 28.1 Å². The number of rotatable bonds is 6. The number of amides is 1. The highest BCUT2D eigenvalue weighted by Gasteiger charge is 2.25. The molecule has 4 nitrogen and oxygen atoms in total. The number of carbonyl (C=O) groups excluding carboxylic acids is 1. The standard InChI is InChI=1S/C14H18BrNO3/c1-3-16(4-2)13(17)9-12(14(18)19)10-5-7-11(15)8-6-10/h5-8,12H,3-4,9H2,1-2H3,(H,18,19). The fraction of sp³-hybridized carbons (Fsp3) is 0.429. The molecule has 1 aromatic rings. The van der Waals surface area contributed by atoms with Crippen molar-refractivity contribution < 1.29 is 14.7 Å². The van der Waals surface area contributed by atoms with Gasteiger partial charge in [-0.3, -0.25) is 9.59 Å². The zero-order chi connectivity index (χ0) is 14.4. The van der Waals surface area contributed by atoms with Crippen LogP contribution in [0.5, 0.6) is 0 Å². The lowest BCUT2D eigenvalue weighted by atomic mass is 9.95. The lowest BCUT2D eigenvalue weighted by Crippen LogP contribution is -2.32. The molecule has 1 rings (SSSR count). The second-order valence-electron chi connectivity index (χ2n) is 4.21. The summed E-state index contributed by atoms with van der Waals surface area (Å²) in [6, 6.07) is 7.04. The zero-order valence-electron chi connectivity index (χ0n) is 11.1. The SMILES string of the molecule is CCN(CC)C(=O)CC(C(=O)O)c1ccc(Br)cc1. The van der Waals surface area contributed by atoms with Crippen LogP contribution in [0.25, 0.3) is 0 Å². The van der Waals surface area contributed by atoms with Gasteiger partial charge < -0.3 is 10.0 Å². The van der Waals surface area contributed by atoms with Crippen molar-refractivity contribution in [3.63, 3.8) is 0 Å². The van der Waals surface area contributed by atoms with Crippen LogP contribution in [0.4, 0.5) is 0 Å². The first-order valence-electron chi connectivity index (χ1n) is 6.25. The Balaban J connectivity index is 2.87. The number of hydrogen-bond acceptors (Lipinski definition) is 2. The molecule has 104 valence electrons. The molecule has 19 heavy (non-hydrogen) atoms. The van der Waals surface area contributed by atoms with Crippen molar-refractivity contribution in [1.82, 2.24) is 4.90 Å². The van der Waals surface area contributed by atoms with Crippen LogP contribution in [0.2, 0.25) is 0 Å². The topological polar surface area (TPSA) is 57.6 Å². The van der Waals surface area contributed by atoms with Gasteiger partial charge in [-0.2, -0.15) is 0 Å². The Kier molecular flexibility index (Phi) is 6.02. The molecule has 1 N–H and O–H groups in total. The lowest BCUT2D eigenvalue weighted by Gasteiger charge is -2.21. The van der Waals surface area contributed by atoms with Crippen LogP contribution in [0.3, 0.4) is 0 Å². The van der Waals surface area contributed by atoms with Crippen LogP contribution in [0.1, 0.15) is 31.7 Å². The van der Waals surface area contributed by atoms with Gasteiger partial charge in [0.15, 0.2) is 0 Å². The van der Waals surface area contributed by atoms with E-state index < -0.39 is 11.9 Å². The average Bonchev–Trinajstić information content (AvgIpc) is 2.38. The minimum absolute atomic E-state index is 0.00134. The third-order valence-corrected chi connectivity index (χ3v) is 3.59. The molecule has 1 amide bonds. The molecule has 1 atom stereocenters. The first kappa shape index (κ1) is 15.7. The summed E-state index contributed by atoms with van der Waals surface area (Å²) >= 11 is 3.31. The number of carboxylic acid groups (broad SMARTS) is 1. The van der Waals surface area contributed by atoms with Crippen molar-refractivity contribution in [3.8, 4) is 0 Å². The maximum atomic E-state index is 12.0. The second-order valence-corrected chi connectivity index (χ2v) is 5.13. The fourth-order valence-electron chi connectivity index (χ4n) is 1.92. The normalized spacial score (nSPS) is 11.9. The molecular formula is C14H18BrNO3. The lowest BCUT2D eigenvalue weighted by molar-refractivity contribution is -0.142. The van der Waals surface area contributed by atoms with E-state index >= 15 is 0 Å². The summed E-state index contributed by atoms with van der Waals surface area (Å²) in [5.41, 5.74) is 0.649. The second kappa shape index (κ2) is 7.28. The van der Waals surface area contributed by atoms with Crippen molar-refractivity contribution in [2.75, 3.05) is 13.1 Å². The summed E-state index contributed by atoms with van der Waals surface area (Å²) in [6.07, 6.45) is -0.00134. The Labute approximate surface area is 121 Å². The Morgan fingerprint density at radius 3 is 2.16 bits per heavy atom. The molecule has 1 unspecified atom stereocenters. The molecule has 0 aliphatic carbocycles. The van der Waals surface area contributed by atoms with Gasteiger partial charge in [0.25, 0.3) is 0 Å². The summed E-state index contributed by atoms with van der Waals surface area (Å²) < 4.78 is 0.885. The highest BCUT2D eigenvalue weighted by molar-refractivity contribution is 9.10. The molecule has 1 aromatic carbocycles. The molecule has 0 aromatic heterocycles. The number of benzene rings is 1. The van der Waals surface area contributed by atoms with E-state index in [0.717, 1.165) is 4.47 Å². The van der Waals surface area contributed by atoms with Crippen LogP contribution in [0.15, 0.2) is 28.7 Å². The molecule has 0 fully saturated rings. The van der Waals surface area contributed by atoms with Gasteiger partial charge in [0, 0.05) is 24.0 Å². The molecule has 0 saturated carbocycles. The van der Waals surface area contributed by atoms with Crippen LogP contribution < -0.4 is 0 Å². The van der Waals surface area contributed by atoms with E-state index in [1.54, 1.807) is 29.2 Å². The first-order valence-corrected chi connectivity index (χ1v) is 7.04. The van der Waals surface area contributed by atoms with E-state index in [9.17, 15) is 14.7 Å². The van der Waals surface area contributed by atoms with Crippen molar-refractivity contribution in [2.24, 2.45) is 0 Å². The van der Waals surface area contributed by atoms with Crippen LogP contribution in [0, 0.1) is 0 Å². The van der Waals surface area contributed by atoms with E-state index in [1.165, 1.54) is 0 Å². The molecule has 0 spiro atoms. The number of halogens is 1. The predicted molar refractivity (Wildman–Crippen MR) is 77.1 cm³/mol. The van der Waals surface area contributed by atoms with Gasteiger partial charge >= 0.3 is 5.97 Å². The van der Waals surface area contributed by atoms with E-state index in [2.05, 4.69) is 15.9 Å². The molecule has 0 bridgehead atoms. The molecule has 0 saturated heterocycles.